The van der Waals surface area contributed by atoms with Crippen molar-refractivity contribution in [1.29, 1.82) is 0 Å². The first kappa shape index (κ1) is 23.0. The van der Waals surface area contributed by atoms with Crippen LogP contribution < -0.4 is 4.90 Å². The topological polar surface area (TPSA) is 57.7 Å². The maximum absolute atomic E-state index is 13.8. The van der Waals surface area contributed by atoms with E-state index in [0.717, 1.165) is 22.1 Å². The summed E-state index contributed by atoms with van der Waals surface area (Å²) in [6.45, 7) is 0. The number of imide groups is 1. The number of Topliss-reactive ketones (excluding diaryl/α,β-unsaturated/α-hetero) is 1. The Hall–Kier alpha value is -3.43. The summed E-state index contributed by atoms with van der Waals surface area (Å²) in [5.74, 6) is -3.64. The average Bonchev–Trinajstić information content (AvgIpc) is 3.55. The van der Waals surface area contributed by atoms with E-state index in [1.165, 1.54) is 17.4 Å². The number of halogens is 4. The molecule has 0 aliphatic carbocycles. The summed E-state index contributed by atoms with van der Waals surface area (Å²) in [4.78, 5) is 44.2. The van der Waals surface area contributed by atoms with Crippen LogP contribution >= 0.6 is 22.9 Å². The van der Waals surface area contributed by atoms with Gasteiger partial charge in [0.05, 0.1) is 39.0 Å². The van der Waals surface area contributed by atoms with Crippen molar-refractivity contribution in [3.05, 3.63) is 92.8 Å². The molecule has 3 aliphatic rings. The Morgan fingerprint density at radius 1 is 0.972 bits per heavy atom. The Morgan fingerprint density at radius 3 is 2.44 bits per heavy atom. The number of nitrogens with zero attached hydrogens (tertiary/aromatic N) is 2. The van der Waals surface area contributed by atoms with E-state index in [2.05, 4.69) is 0 Å². The van der Waals surface area contributed by atoms with Gasteiger partial charge in [-0.15, -0.1) is 11.3 Å². The largest absolute Gasteiger partial charge is 0.417 e. The number of anilines is 1. The summed E-state index contributed by atoms with van der Waals surface area (Å²) in [5.41, 5.74) is 0.278. The predicted octanol–water partition coefficient (Wildman–Crippen LogP) is 5.82. The Morgan fingerprint density at radius 2 is 1.72 bits per heavy atom. The molecule has 182 valence electrons. The fourth-order valence-corrected chi connectivity index (χ4v) is 6.47. The first-order valence-corrected chi connectivity index (χ1v) is 12.3. The fraction of sp³-hybridized carbons (Fsp3) is 0.192. The molecular formula is C26H16ClF3N2O3S. The number of fused-ring (bicyclic) bond motifs is 5. The van der Waals surface area contributed by atoms with Crippen LogP contribution in [0.25, 0.3) is 6.08 Å². The Labute approximate surface area is 212 Å². The molecule has 2 saturated heterocycles. The molecule has 4 heterocycles. The second-order valence-electron chi connectivity index (χ2n) is 8.85. The van der Waals surface area contributed by atoms with Crippen LogP contribution in [0.15, 0.2) is 66.2 Å². The number of carbonyl (C=O) groups is 3. The van der Waals surface area contributed by atoms with E-state index in [9.17, 15) is 27.6 Å². The van der Waals surface area contributed by atoms with Gasteiger partial charge in [-0.1, -0.05) is 41.9 Å². The van der Waals surface area contributed by atoms with Gasteiger partial charge in [-0.25, -0.2) is 4.90 Å². The third-order valence-electron chi connectivity index (χ3n) is 7.01. The van der Waals surface area contributed by atoms with Gasteiger partial charge < -0.3 is 4.90 Å². The van der Waals surface area contributed by atoms with Crippen molar-refractivity contribution in [3.8, 4) is 0 Å². The molecule has 0 bridgehead atoms. The van der Waals surface area contributed by atoms with Crippen molar-refractivity contribution in [3.63, 3.8) is 0 Å². The zero-order valence-electron chi connectivity index (χ0n) is 18.3. The van der Waals surface area contributed by atoms with E-state index in [4.69, 9.17) is 11.6 Å². The smallest absolute Gasteiger partial charge is 0.358 e. The Bertz CT molecular complexity index is 1450. The SMILES string of the molecule is O=C(c1cccs1)[C@@H]1[C@@H]2C(=O)N(c3ccc(Cl)c(C(F)(F)F)c3)C(=O)[C@@H]2C2c3ccccc3C=CN21. The van der Waals surface area contributed by atoms with Crippen LogP contribution in [-0.2, 0) is 15.8 Å². The van der Waals surface area contributed by atoms with E-state index < -0.39 is 52.5 Å². The summed E-state index contributed by atoms with van der Waals surface area (Å²) < 4.78 is 40.6. The summed E-state index contributed by atoms with van der Waals surface area (Å²) in [6, 6.07) is 12.1. The highest BCUT2D eigenvalue weighted by Gasteiger charge is 2.64. The van der Waals surface area contributed by atoms with Crippen molar-refractivity contribution in [1.82, 2.24) is 4.90 Å². The van der Waals surface area contributed by atoms with Crippen LogP contribution in [-0.4, -0.2) is 28.5 Å². The first-order valence-electron chi connectivity index (χ1n) is 11.1. The number of thiophene rings is 1. The van der Waals surface area contributed by atoms with Crippen molar-refractivity contribution >= 4 is 52.3 Å². The van der Waals surface area contributed by atoms with Crippen LogP contribution in [0.5, 0.6) is 0 Å². The number of ketones is 1. The van der Waals surface area contributed by atoms with Crippen molar-refractivity contribution in [2.75, 3.05) is 4.90 Å². The van der Waals surface area contributed by atoms with Gasteiger partial charge in [0.25, 0.3) is 0 Å². The van der Waals surface area contributed by atoms with Crippen LogP contribution in [0.3, 0.4) is 0 Å². The minimum atomic E-state index is -4.77. The minimum absolute atomic E-state index is 0.218. The highest BCUT2D eigenvalue weighted by molar-refractivity contribution is 7.12. The van der Waals surface area contributed by atoms with Crippen molar-refractivity contribution in [2.24, 2.45) is 11.8 Å². The van der Waals surface area contributed by atoms with Gasteiger partial charge in [0.15, 0.2) is 5.78 Å². The molecule has 10 heteroatoms. The lowest BCUT2D eigenvalue weighted by atomic mass is 9.84. The number of alkyl halides is 3. The second-order valence-corrected chi connectivity index (χ2v) is 10.2. The second kappa shape index (κ2) is 8.04. The highest BCUT2D eigenvalue weighted by atomic mass is 35.5. The molecule has 1 aromatic heterocycles. The monoisotopic (exact) mass is 528 g/mol. The molecular weight excluding hydrogens is 513 g/mol. The molecule has 0 spiro atoms. The summed E-state index contributed by atoms with van der Waals surface area (Å²) in [7, 11) is 0. The van der Waals surface area contributed by atoms with Gasteiger partial charge in [0.1, 0.15) is 6.04 Å². The number of hydrogen-bond donors (Lipinski definition) is 0. The molecule has 0 saturated carbocycles. The Kier molecular flexibility index (Phi) is 5.14. The molecule has 2 amide bonds. The molecule has 36 heavy (non-hydrogen) atoms. The van der Waals surface area contributed by atoms with Gasteiger partial charge in [-0.05, 0) is 46.8 Å². The molecule has 6 rings (SSSR count). The molecule has 0 radical (unpaired) electrons. The lowest BCUT2D eigenvalue weighted by molar-refractivity contribution is -0.137. The fourth-order valence-electron chi connectivity index (χ4n) is 5.55. The van der Waals surface area contributed by atoms with Gasteiger partial charge in [0.2, 0.25) is 11.8 Å². The normalized spacial score (nSPS) is 24.7. The van der Waals surface area contributed by atoms with E-state index in [1.54, 1.807) is 28.6 Å². The summed E-state index contributed by atoms with van der Waals surface area (Å²) >= 11 is 6.99. The van der Waals surface area contributed by atoms with Crippen LogP contribution in [0.1, 0.15) is 32.4 Å². The lowest BCUT2D eigenvalue weighted by Gasteiger charge is -2.35. The van der Waals surface area contributed by atoms with Crippen LogP contribution in [0, 0.1) is 11.8 Å². The quantitative estimate of drug-likeness (QED) is 0.317. The van der Waals surface area contributed by atoms with Gasteiger partial charge in [0, 0.05) is 6.20 Å². The predicted molar refractivity (Wildman–Crippen MR) is 128 cm³/mol. The maximum Gasteiger partial charge on any atom is 0.417 e. The molecule has 3 aliphatic heterocycles. The third-order valence-corrected chi connectivity index (χ3v) is 8.22. The maximum atomic E-state index is 13.8. The summed E-state index contributed by atoms with van der Waals surface area (Å²) in [5, 5.41) is 1.22. The van der Waals surface area contributed by atoms with Gasteiger partial charge >= 0.3 is 6.18 Å². The standard InChI is InChI=1S/C26H16ClF3N2O3S/c27-17-8-7-14(12-16(17)26(28,29)30)32-24(34)19-20(25(32)35)22(23(33)18-6-3-11-36-18)31-10-9-13-4-1-2-5-15(13)21(19)31/h1-12,19-22H/t19-,20+,21?,22-/m0/s1. The van der Waals surface area contributed by atoms with Crippen LogP contribution in [0.2, 0.25) is 5.02 Å². The van der Waals surface area contributed by atoms with Crippen LogP contribution in [0.4, 0.5) is 18.9 Å². The lowest BCUT2D eigenvalue weighted by Crippen LogP contribution is -2.44. The van der Waals surface area contributed by atoms with Crippen molar-refractivity contribution < 1.29 is 27.6 Å². The van der Waals surface area contributed by atoms with E-state index in [-0.39, 0.29) is 11.5 Å². The average molecular weight is 529 g/mol. The van der Waals surface area contributed by atoms with E-state index >= 15 is 0 Å². The minimum Gasteiger partial charge on any atom is -0.358 e. The third kappa shape index (κ3) is 3.26. The van der Waals surface area contributed by atoms with Crippen molar-refractivity contribution in [2.45, 2.75) is 18.3 Å². The molecule has 5 nitrogen and oxygen atoms in total. The van der Waals surface area contributed by atoms with Gasteiger partial charge in [-0.2, -0.15) is 13.2 Å². The number of rotatable bonds is 3. The summed E-state index contributed by atoms with van der Waals surface area (Å²) in [6.07, 6.45) is -1.20. The number of amides is 2. The molecule has 2 aromatic carbocycles. The van der Waals surface area contributed by atoms with E-state index in [0.29, 0.717) is 10.9 Å². The number of carbonyl (C=O) groups excluding carboxylic acids is 3. The Balaban J connectivity index is 1.49. The molecule has 4 atom stereocenters. The zero-order chi connectivity index (χ0) is 25.4. The molecule has 1 unspecified atom stereocenters. The molecule has 3 aromatic rings. The zero-order valence-corrected chi connectivity index (χ0v) is 19.8. The van der Waals surface area contributed by atoms with E-state index in [1.807, 2.05) is 30.3 Å². The van der Waals surface area contributed by atoms with Gasteiger partial charge in [-0.3, -0.25) is 14.4 Å². The highest BCUT2D eigenvalue weighted by Crippen LogP contribution is 2.54. The molecule has 0 N–H and O–H groups in total. The first-order chi connectivity index (χ1) is 17.2. The number of hydrogen-bond acceptors (Lipinski definition) is 5. The number of benzene rings is 2. The molecule has 2 fully saturated rings.